The summed E-state index contributed by atoms with van der Waals surface area (Å²) in [6.07, 6.45) is 7.04. The van der Waals surface area contributed by atoms with Gasteiger partial charge in [-0.05, 0) is 18.2 Å². The number of halogens is 1. The SMILES string of the molecule is O=C(C1CC(=O)N(c2cccc(Br)c2)C1)N1CCN(c2cc(-n3ccnc3)ncn2)CC1. The fraction of sp³-hybridized carbons (Fsp3) is 0.318. The molecule has 2 aliphatic rings. The summed E-state index contributed by atoms with van der Waals surface area (Å²) >= 11 is 3.44. The van der Waals surface area contributed by atoms with Crippen molar-refractivity contribution in [1.82, 2.24) is 24.4 Å². The second-order valence-electron chi connectivity index (χ2n) is 7.90. The first kappa shape index (κ1) is 20.6. The number of aromatic nitrogens is 4. The third kappa shape index (κ3) is 4.10. The molecule has 2 saturated heterocycles. The van der Waals surface area contributed by atoms with Gasteiger partial charge in [-0.3, -0.25) is 14.2 Å². The molecule has 0 N–H and O–H groups in total. The van der Waals surface area contributed by atoms with E-state index in [2.05, 4.69) is 35.8 Å². The van der Waals surface area contributed by atoms with Crippen LogP contribution < -0.4 is 9.80 Å². The summed E-state index contributed by atoms with van der Waals surface area (Å²) in [5, 5.41) is 0. The number of anilines is 2. The van der Waals surface area contributed by atoms with Crippen molar-refractivity contribution in [2.24, 2.45) is 5.92 Å². The van der Waals surface area contributed by atoms with Crippen molar-refractivity contribution in [2.45, 2.75) is 6.42 Å². The molecule has 1 unspecified atom stereocenters. The number of nitrogens with zero attached hydrogens (tertiary/aromatic N) is 7. The van der Waals surface area contributed by atoms with E-state index in [0.717, 1.165) is 21.8 Å². The largest absolute Gasteiger partial charge is 0.353 e. The lowest BCUT2D eigenvalue weighted by atomic mass is 10.1. The highest BCUT2D eigenvalue weighted by Gasteiger charge is 2.38. The van der Waals surface area contributed by atoms with Gasteiger partial charge in [0.05, 0.1) is 5.92 Å². The fourth-order valence-electron chi connectivity index (χ4n) is 4.23. The number of benzene rings is 1. The number of piperazine rings is 1. The van der Waals surface area contributed by atoms with Gasteiger partial charge in [0.15, 0.2) is 0 Å². The van der Waals surface area contributed by atoms with Crippen LogP contribution in [-0.4, -0.2) is 69.0 Å². The van der Waals surface area contributed by atoms with E-state index >= 15 is 0 Å². The minimum atomic E-state index is -0.306. The molecule has 1 atom stereocenters. The average Bonchev–Trinajstić information content (AvgIpc) is 3.49. The molecule has 0 radical (unpaired) electrons. The van der Waals surface area contributed by atoms with E-state index in [4.69, 9.17) is 0 Å². The van der Waals surface area contributed by atoms with E-state index in [-0.39, 0.29) is 24.2 Å². The first-order chi connectivity index (χ1) is 15.6. The number of hydrogen-bond acceptors (Lipinski definition) is 6. The molecule has 164 valence electrons. The van der Waals surface area contributed by atoms with Gasteiger partial charge in [-0.25, -0.2) is 15.0 Å². The molecule has 0 saturated carbocycles. The van der Waals surface area contributed by atoms with Crippen LogP contribution in [-0.2, 0) is 9.59 Å². The Morgan fingerprint density at radius 3 is 2.62 bits per heavy atom. The highest BCUT2D eigenvalue weighted by atomic mass is 79.9. The van der Waals surface area contributed by atoms with Gasteiger partial charge in [0.25, 0.3) is 0 Å². The van der Waals surface area contributed by atoms with Gasteiger partial charge in [-0.15, -0.1) is 0 Å². The Morgan fingerprint density at radius 1 is 1.06 bits per heavy atom. The predicted molar refractivity (Wildman–Crippen MR) is 123 cm³/mol. The third-order valence-corrected chi connectivity index (χ3v) is 6.41. The number of carbonyl (C=O) groups is 2. The summed E-state index contributed by atoms with van der Waals surface area (Å²) in [5.41, 5.74) is 0.821. The summed E-state index contributed by atoms with van der Waals surface area (Å²) in [5.74, 6) is 1.32. The number of hydrogen-bond donors (Lipinski definition) is 0. The van der Waals surface area contributed by atoms with E-state index < -0.39 is 0 Å². The van der Waals surface area contributed by atoms with E-state index in [1.165, 1.54) is 0 Å². The van der Waals surface area contributed by atoms with Crippen molar-refractivity contribution in [3.8, 4) is 5.82 Å². The Bertz CT molecular complexity index is 1130. The van der Waals surface area contributed by atoms with Crippen molar-refractivity contribution >= 4 is 39.2 Å². The van der Waals surface area contributed by atoms with Crippen LogP contribution in [0.25, 0.3) is 5.82 Å². The maximum absolute atomic E-state index is 13.1. The van der Waals surface area contributed by atoms with Gasteiger partial charge >= 0.3 is 0 Å². The molecule has 1 aromatic carbocycles. The lowest BCUT2D eigenvalue weighted by molar-refractivity contribution is -0.136. The van der Waals surface area contributed by atoms with Crippen molar-refractivity contribution in [1.29, 1.82) is 0 Å². The Balaban J connectivity index is 1.21. The first-order valence-electron chi connectivity index (χ1n) is 10.5. The third-order valence-electron chi connectivity index (χ3n) is 5.92. The Kier molecular flexibility index (Phi) is 5.60. The van der Waals surface area contributed by atoms with E-state index in [9.17, 15) is 9.59 Å². The molecule has 2 aliphatic heterocycles. The highest BCUT2D eigenvalue weighted by molar-refractivity contribution is 9.10. The molecule has 9 nitrogen and oxygen atoms in total. The molecular formula is C22H22BrN7O2. The molecule has 32 heavy (non-hydrogen) atoms. The normalized spacial score (nSPS) is 19.0. The fourth-order valence-corrected chi connectivity index (χ4v) is 4.61. The van der Waals surface area contributed by atoms with Crippen LogP contribution in [0.1, 0.15) is 6.42 Å². The topological polar surface area (TPSA) is 87.5 Å². The summed E-state index contributed by atoms with van der Waals surface area (Å²) in [7, 11) is 0. The van der Waals surface area contributed by atoms with Crippen LogP contribution in [0.3, 0.4) is 0 Å². The minimum absolute atomic E-state index is 0.00639. The van der Waals surface area contributed by atoms with Gasteiger partial charge in [-0.2, -0.15) is 0 Å². The van der Waals surface area contributed by atoms with E-state index in [1.54, 1.807) is 23.8 Å². The number of rotatable bonds is 4. The second-order valence-corrected chi connectivity index (χ2v) is 8.82. The van der Waals surface area contributed by atoms with Gasteiger partial charge < -0.3 is 14.7 Å². The van der Waals surface area contributed by atoms with E-state index in [1.807, 2.05) is 46.0 Å². The molecule has 0 bridgehead atoms. The average molecular weight is 496 g/mol. The van der Waals surface area contributed by atoms with Gasteiger partial charge in [0.2, 0.25) is 11.8 Å². The van der Waals surface area contributed by atoms with Crippen molar-refractivity contribution in [3.05, 3.63) is 59.9 Å². The molecule has 5 rings (SSSR count). The monoisotopic (exact) mass is 495 g/mol. The second kappa shape index (κ2) is 8.70. The zero-order chi connectivity index (χ0) is 22.1. The van der Waals surface area contributed by atoms with Gasteiger partial charge in [0, 0.05) is 67.8 Å². The summed E-state index contributed by atoms with van der Waals surface area (Å²) < 4.78 is 2.74. The zero-order valence-corrected chi connectivity index (χ0v) is 18.9. The molecule has 0 aliphatic carbocycles. The molecule has 2 fully saturated rings. The van der Waals surface area contributed by atoms with Gasteiger partial charge in [0.1, 0.15) is 24.3 Å². The number of imidazole rings is 1. The lowest BCUT2D eigenvalue weighted by Gasteiger charge is -2.36. The number of carbonyl (C=O) groups excluding carboxylic acids is 2. The van der Waals surface area contributed by atoms with Crippen LogP contribution in [0.5, 0.6) is 0 Å². The van der Waals surface area contributed by atoms with Crippen molar-refractivity contribution in [2.75, 3.05) is 42.5 Å². The lowest BCUT2D eigenvalue weighted by Crippen LogP contribution is -2.51. The zero-order valence-electron chi connectivity index (χ0n) is 17.3. The summed E-state index contributed by atoms with van der Waals surface area (Å²) in [6.45, 7) is 2.99. The van der Waals surface area contributed by atoms with Gasteiger partial charge in [-0.1, -0.05) is 22.0 Å². The Labute approximate surface area is 193 Å². The quantitative estimate of drug-likeness (QED) is 0.550. The standard InChI is InChI=1S/C22H22BrN7O2/c23-17-2-1-3-18(11-17)30-13-16(10-21(30)31)22(32)28-8-6-27(7-9-28)19-12-20(26-14-25-19)29-5-4-24-15-29/h1-5,11-12,14-16H,6-10,13H2. The van der Waals surface area contributed by atoms with Crippen LogP contribution in [0.4, 0.5) is 11.5 Å². The molecular weight excluding hydrogens is 474 g/mol. The number of amides is 2. The summed E-state index contributed by atoms with van der Waals surface area (Å²) in [4.78, 5) is 44.2. The molecule has 3 aromatic rings. The first-order valence-corrected chi connectivity index (χ1v) is 11.3. The Morgan fingerprint density at radius 2 is 1.88 bits per heavy atom. The van der Waals surface area contributed by atoms with Crippen molar-refractivity contribution in [3.63, 3.8) is 0 Å². The molecule has 10 heteroatoms. The maximum Gasteiger partial charge on any atom is 0.228 e. The highest BCUT2D eigenvalue weighted by Crippen LogP contribution is 2.28. The van der Waals surface area contributed by atoms with Crippen LogP contribution in [0.15, 0.2) is 59.9 Å². The predicted octanol–water partition coefficient (Wildman–Crippen LogP) is 2.13. The Hall–Kier alpha value is -3.27. The molecule has 0 spiro atoms. The summed E-state index contributed by atoms with van der Waals surface area (Å²) in [6, 6.07) is 9.54. The molecule has 2 amide bonds. The smallest absolute Gasteiger partial charge is 0.228 e. The van der Waals surface area contributed by atoms with Crippen molar-refractivity contribution < 1.29 is 9.59 Å². The van der Waals surface area contributed by atoms with Crippen LogP contribution >= 0.6 is 15.9 Å². The van der Waals surface area contributed by atoms with Crippen LogP contribution in [0, 0.1) is 5.92 Å². The molecule has 4 heterocycles. The minimum Gasteiger partial charge on any atom is -0.353 e. The maximum atomic E-state index is 13.1. The van der Waals surface area contributed by atoms with E-state index in [0.29, 0.717) is 32.7 Å². The molecule has 2 aromatic heterocycles. The van der Waals surface area contributed by atoms with Crippen LogP contribution in [0.2, 0.25) is 0 Å².